The summed E-state index contributed by atoms with van der Waals surface area (Å²) in [6.07, 6.45) is 2.12. The third kappa shape index (κ3) is 3.88. The van der Waals surface area contributed by atoms with Crippen LogP contribution in [0.15, 0.2) is 30.3 Å². The van der Waals surface area contributed by atoms with Crippen LogP contribution in [-0.2, 0) is 15.9 Å². The maximum Gasteiger partial charge on any atom is 0.355 e. The Balaban J connectivity index is 1.72. The zero-order chi connectivity index (χ0) is 18.5. The van der Waals surface area contributed by atoms with Crippen molar-refractivity contribution in [2.24, 2.45) is 0 Å². The van der Waals surface area contributed by atoms with Crippen LogP contribution < -0.4 is 0 Å². The smallest absolute Gasteiger partial charge is 0.355 e. The standard InChI is InChI=1S/C21H25NO4/c1-3-9-25-10-11-26-21(24)20-14(2)19-17(22-20)12-16(13-18(19)23)15-7-5-4-6-8-15/h4-8,16,22H,3,9-13H2,1-2H3. The molecule has 1 aliphatic carbocycles. The number of nitrogens with one attached hydrogen (secondary N) is 1. The van der Waals surface area contributed by atoms with Gasteiger partial charge in [0.15, 0.2) is 5.78 Å². The van der Waals surface area contributed by atoms with Crippen LogP contribution in [0.3, 0.4) is 0 Å². The fourth-order valence-electron chi connectivity index (χ4n) is 3.51. The summed E-state index contributed by atoms with van der Waals surface area (Å²) in [7, 11) is 0. The zero-order valence-corrected chi connectivity index (χ0v) is 15.3. The third-order valence-electron chi connectivity index (χ3n) is 4.77. The van der Waals surface area contributed by atoms with Crippen LogP contribution in [0.5, 0.6) is 0 Å². The molecule has 1 aromatic heterocycles. The van der Waals surface area contributed by atoms with Gasteiger partial charge in [-0.1, -0.05) is 37.3 Å². The van der Waals surface area contributed by atoms with E-state index in [0.717, 1.165) is 24.1 Å². The summed E-state index contributed by atoms with van der Waals surface area (Å²) in [5, 5.41) is 0. The summed E-state index contributed by atoms with van der Waals surface area (Å²) < 4.78 is 10.6. The Hall–Kier alpha value is -2.40. The van der Waals surface area contributed by atoms with Gasteiger partial charge in [0, 0.05) is 24.3 Å². The van der Waals surface area contributed by atoms with E-state index in [4.69, 9.17) is 9.47 Å². The fraction of sp³-hybridized carbons (Fsp3) is 0.429. The Bertz CT molecular complexity index is 779. The Labute approximate surface area is 153 Å². The number of ether oxygens (including phenoxy) is 2. The van der Waals surface area contributed by atoms with Crippen molar-refractivity contribution in [2.75, 3.05) is 19.8 Å². The molecule has 1 unspecified atom stereocenters. The molecule has 3 rings (SSSR count). The quantitative estimate of drug-likeness (QED) is 0.605. The molecule has 0 bridgehead atoms. The van der Waals surface area contributed by atoms with Gasteiger partial charge in [0.2, 0.25) is 0 Å². The van der Waals surface area contributed by atoms with Crippen molar-refractivity contribution in [3.8, 4) is 0 Å². The van der Waals surface area contributed by atoms with Gasteiger partial charge in [-0.2, -0.15) is 0 Å². The molecular weight excluding hydrogens is 330 g/mol. The number of esters is 1. The second-order valence-electron chi connectivity index (χ2n) is 6.67. The predicted octanol–water partition coefficient (Wildman–Crippen LogP) is 3.82. The van der Waals surface area contributed by atoms with Gasteiger partial charge in [0.1, 0.15) is 12.3 Å². The minimum atomic E-state index is -0.430. The van der Waals surface area contributed by atoms with Gasteiger partial charge < -0.3 is 14.5 Å². The first kappa shape index (κ1) is 18.4. The van der Waals surface area contributed by atoms with Crippen LogP contribution in [0, 0.1) is 6.92 Å². The Morgan fingerprint density at radius 1 is 1.15 bits per heavy atom. The number of fused-ring (bicyclic) bond motifs is 1. The first-order valence-electron chi connectivity index (χ1n) is 9.16. The van der Waals surface area contributed by atoms with Crippen LogP contribution in [0.25, 0.3) is 0 Å². The van der Waals surface area contributed by atoms with Crippen molar-refractivity contribution in [1.29, 1.82) is 0 Å². The number of hydrogen-bond acceptors (Lipinski definition) is 4. The highest BCUT2D eigenvalue weighted by Gasteiger charge is 2.32. The third-order valence-corrected chi connectivity index (χ3v) is 4.77. The molecule has 0 spiro atoms. The van der Waals surface area contributed by atoms with Gasteiger partial charge in [-0.25, -0.2) is 4.79 Å². The van der Waals surface area contributed by atoms with Crippen LogP contribution >= 0.6 is 0 Å². The molecular formula is C21H25NO4. The van der Waals surface area contributed by atoms with E-state index in [1.54, 1.807) is 6.92 Å². The number of aromatic nitrogens is 1. The van der Waals surface area contributed by atoms with E-state index in [9.17, 15) is 9.59 Å². The molecule has 1 atom stereocenters. The molecule has 0 fully saturated rings. The van der Waals surface area contributed by atoms with E-state index in [1.165, 1.54) is 0 Å². The molecule has 0 radical (unpaired) electrons. The Morgan fingerprint density at radius 3 is 2.65 bits per heavy atom. The van der Waals surface area contributed by atoms with Gasteiger partial charge >= 0.3 is 5.97 Å². The topological polar surface area (TPSA) is 68.4 Å². The average molecular weight is 355 g/mol. The van der Waals surface area contributed by atoms with E-state index in [0.29, 0.717) is 36.5 Å². The minimum absolute atomic E-state index is 0.0826. The molecule has 0 saturated heterocycles. The first-order chi connectivity index (χ1) is 12.6. The summed E-state index contributed by atoms with van der Waals surface area (Å²) >= 11 is 0. The number of Topliss-reactive ketones (excluding diaryl/α,β-unsaturated/α-hetero) is 1. The van der Waals surface area contributed by atoms with Crippen LogP contribution in [0.4, 0.5) is 0 Å². The summed E-state index contributed by atoms with van der Waals surface area (Å²) in [6, 6.07) is 10.0. The molecule has 138 valence electrons. The Morgan fingerprint density at radius 2 is 1.92 bits per heavy atom. The minimum Gasteiger partial charge on any atom is -0.459 e. The lowest BCUT2D eigenvalue weighted by Crippen LogP contribution is -2.18. The Kier molecular flexibility index (Phi) is 5.89. The lowest BCUT2D eigenvalue weighted by Gasteiger charge is -2.22. The summed E-state index contributed by atoms with van der Waals surface area (Å²) in [5.41, 5.74) is 3.72. The van der Waals surface area contributed by atoms with Crippen molar-refractivity contribution in [3.63, 3.8) is 0 Å². The van der Waals surface area contributed by atoms with Crippen LogP contribution in [-0.4, -0.2) is 36.6 Å². The number of aromatic amines is 1. The molecule has 5 heteroatoms. The second-order valence-corrected chi connectivity index (χ2v) is 6.67. The zero-order valence-electron chi connectivity index (χ0n) is 15.3. The van der Waals surface area contributed by atoms with Crippen molar-refractivity contribution >= 4 is 11.8 Å². The SMILES string of the molecule is CCCOCCOC(=O)c1[nH]c2c(c1C)C(=O)CC(c1ccccc1)C2. The molecule has 1 aliphatic rings. The second kappa shape index (κ2) is 8.32. The molecule has 0 amide bonds. The van der Waals surface area contributed by atoms with Gasteiger partial charge in [-0.05, 0) is 36.8 Å². The van der Waals surface area contributed by atoms with Crippen LogP contribution in [0.2, 0.25) is 0 Å². The van der Waals surface area contributed by atoms with Gasteiger partial charge in [0.05, 0.1) is 6.61 Å². The first-order valence-corrected chi connectivity index (χ1v) is 9.16. The summed E-state index contributed by atoms with van der Waals surface area (Å²) in [6.45, 7) is 5.08. The van der Waals surface area contributed by atoms with Crippen molar-refractivity contribution < 1.29 is 19.1 Å². The highest BCUT2D eigenvalue weighted by molar-refractivity contribution is 6.03. The summed E-state index contributed by atoms with van der Waals surface area (Å²) in [5.74, 6) is -0.208. The molecule has 1 heterocycles. The largest absolute Gasteiger partial charge is 0.459 e. The highest BCUT2D eigenvalue weighted by Crippen LogP contribution is 2.35. The van der Waals surface area contributed by atoms with Crippen LogP contribution in [0.1, 0.15) is 63.4 Å². The van der Waals surface area contributed by atoms with E-state index < -0.39 is 5.97 Å². The lowest BCUT2D eigenvalue weighted by atomic mass is 9.81. The normalized spacial score (nSPS) is 16.4. The van der Waals surface area contributed by atoms with Gasteiger partial charge in [-0.15, -0.1) is 0 Å². The molecule has 1 aromatic carbocycles. The number of carbonyl (C=O) groups excluding carboxylic acids is 2. The molecule has 0 aliphatic heterocycles. The number of benzene rings is 1. The monoisotopic (exact) mass is 355 g/mol. The number of carbonyl (C=O) groups is 2. The van der Waals surface area contributed by atoms with Crippen molar-refractivity contribution in [1.82, 2.24) is 4.98 Å². The highest BCUT2D eigenvalue weighted by atomic mass is 16.6. The molecule has 1 N–H and O–H groups in total. The van der Waals surface area contributed by atoms with E-state index in [-0.39, 0.29) is 18.3 Å². The molecule has 5 nitrogen and oxygen atoms in total. The maximum absolute atomic E-state index is 12.7. The molecule has 0 saturated carbocycles. The fourth-order valence-corrected chi connectivity index (χ4v) is 3.51. The average Bonchev–Trinajstić information content (AvgIpc) is 2.99. The number of hydrogen-bond donors (Lipinski definition) is 1. The van der Waals surface area contributed by atoms with E-state index in [1.807, 2.05) is 37.3 Å². The molecule has 26 heavy (non-hydrogen) atoms. The van der Waals surface area contributed by atoms with Crippen molar-refractivity contribution in [3.05, 3.63) is 58.4 Å². The lowest BCUT2D eigenvalue weighted by molar-refractivity contribution is 0.0312. The molecule has 2 aromatic rings. The van der Waals surface area contributed by atoms with E-state index >= 15 is 0 Å². The number of rotatable bonds is 7. The summed E-state index contributed by atoms with van der Waals surface area (Å²) in [4.78, 5) is 28.2. The van der Waals surface area contributed by atoms with Crippen molar-refractivity contribution in [2.45, 2.75) is 39.0 Å². The number of H-pyrrole nitrogens is 1. The predicted molar refractivity (Wildman–Crippen MR) is 98.8 cm³/mol. The number of ketones is 1. The maximum atomic E-state index is 12.7. The van der Waals surface area contributed by atoms with Gasteiger partial charge in [-0.3, -0.25) is 4.79 Å². The van der Waals surface area contributed by atoms with E-state index in [2.05, 4.69) is 4.98 Å². The van der Waals surface area contributed by atoms with Gasteiger partial charge in [0.25, 0.3) is 0 Å².